The van der Waals surface area contributed by atoms with E-state index in [0.717, 1.165) is 12.2 Å². The largest absolute Gasteiger partial charge is 0.393 e. The number of hydrogen-bond acceptors (Lipinski definition) is 4. The van der Waals surface area contributed by atoms with Crippen LogP contribution in [-0.4, -0.2) is 32.1 Å². The van der Waals surface area contributed by atoms with Crippen molar-refractivity contribution in [3.63, 3.8) is 0 Å². The third kappa shape index (κ3) is 1.68. The lowest BCUT2D eigenvalue weighted by Crippen LogP contribution is -2.21. The Morgan fingerprint density at radius 3 is 2.62 bits per heavy atom. The van der Waals surface area contributed by atoms with Gasteiger partial charge in [0.05, 0.1) is 6.10 Å². The molecule has 1 fully saturated rings. The van der Waals surface area contributed by atoms with E-state index in [9.17, 15) is 9.90 Å². The van der Waals surface area contributed by atoms with Crippen LogP contribution in [0.15, 0.2) is 4.79 Å². The highest BCUT2D eigenvalue weighted by atomic mass is 16.3. The first-order valence-corrected chi connectivity index (χ1v) is 5.52. The second-order valence-corrected chi connectivity index (χ2v) is 4.55. The zero-order chi connectivity index (χ0) is 11.9. The average molecular weight is 226 g/mol. The summed E-state index contributed by atoms with van der Waals surface area (Å²) in [4.78, 5) is 11.6. The number of hydrogen-bond donors (Lipinski definition) is 2. The summed E-state index contributed by atoms with van der Waals surface area (Å²) in [7, 11) is 3.35. The van der Waals surface area contributed by atoms with Crippen LogP contribution < -0.4 is 11.4 Å². The molecule has 1 aromatic rings. The number of aryl methyl sites for hydroxylation is 1. The molecular weight excluding hydrogens is 208 g/mol. The molecule has 1 aliphatic carbocycles. The van der Waals surface area contributed by atoms with E-state index >= 15 is 0 Å². The maximum Gasteiger partial charge on any atom is 0.345 e. The zero-order valence-electron chi connectivity index (χ0n) is 9.63. The molecule has 0 bridgehead atoms. The Morgan fingerprint density at radius 2 is 2.19 bits per heavy atom. The summed E-state index contributed by atoms with van der Waals surface area (Å²) in [5.74, 6) is 1.02. The lowest BCUT2D eigenvalue weighted by atomic mass is 10.0. The Labute approximate surface area is 93.7 Å². The van der Waals surface area contributed by atoms with Crippen molar-refractivity contribution in [3.8, 4) is 0 Å². The smallest absolute Gasteiger partial charge is 0.345 e. The number of aliphatic hydroxyl groups excluding tert-OH is 1. The van der Waals surface area contributed by atoms with E-state index in [1.807, 2.05) is 0 Å². The minimum Gasteiger partial charge on any atom is -0.393 e. The Balaban J connectivity index is 2.27. The van der Waals surface area contributed by atoms with Gasteiger partial charge in [0, 0.05) is 20.0 Å². The molecule has 0 aromatic carbocycles. The van der Waals surface area contributed by atoms with Gasteiger partial charge >= 0.3 is 5.69 Å². The van der Waals surface area contributed by atoms with Crippen LogP contribution in [0.2, 0.25) is 0 Å². The van der Waals surface area contributed by atoms with E-state index in [0.29, 0.717) is 13.0 Å². The fraction of sp³-hybridized carbons (Fsp3) is 0.800. The van der Waals surface area contributed by atoms with Gasteiger partial charge < -0.3 is 10.8 Å². The summed E-state index contributed by atoms with van der Waals surface area (Å²) in [6.45, 7) is 0.485. The quantitative estimate of drug-likeness (QED) is 0.672. The number of aromatic nitrogens is 3. The molecule has 0 amide bonds. The average Bonchev–Trinajstić information content (AvgIpc) is 2.74. The van der Waals surface area contributed by atoms with Crippen LogP contribution in [-0.2, 0) is 14.1 Å². The highest BCUT2D eigenvalue weighted by Gasteiger charge is 2.35. The van der Waals surface area contributed by atoms with Gasteiger partial charge in [-0.3, -0.25) is 4.57 Å². The monoisotopic (exact) mass is 226 g/mol. The van der Waals surface area contributed by atoms with Gasteiger partial charge in [-0.05, 0) is 25.3 Å². The third-order valence-electron chi connectivity index (χ3n) is 3.49. The van der Waals surface area contributed by atoms with E-state index in [1.165, 1.54) is 4.68 Å². The molecule has 3 atom stereocenters. The first-order valence-electron chi connectivity index (χ1n) is 5.52. The Kier molecular flexibility index (Phi) is 2.86. The fourth-order valence-electron chi connectivity index (χ4n) is 2.50. The van der Waals surface area contributed by atoms with Crippen molar-refractivity contribution < 1.29 is 5.11 Å². The molecule has 16 heavy (non-hydrogen) atoms. The Bertz CT molecular complexity index is 437. The molecule has 90 valence electrons. The molecule has 1 aromatic heterocycles. The molecule has 0 aliphatic heterocycles. The SMILES string of the molecule is Cn1nc([C@H]2C[C@H](CN)[C@H](O)C2)n(C)c1=O. The predicted molar refractivity (Wildman–Crippen MR) is 59.0 cm³/mol. The van der Waals surface area contributed by atoms with Crippen molar-refractivity contribution in [2.45, 2.75) is 24.9 Å². The minimum atomic E-state index is -0.368. The number of nitrogens with two attached hydrogens (primary N) is 1. The van der Waals surface area contributed by atoms with E-state index in [1.54, 1.807) is 18.7 Å². The standard InChI is InChI=1S/C10H18N4O2/c1-13-9(12-14(2)10(13)16)6-3-7(5-11)8(15)4-6/h6-8,15H,3-5,11H2,1-2H3/t6-,7+,8+/m0/s1. The third-order valence-corrected chi connectivity index (χ3v) is 3.49. The maximum absolute atomic E-state index is 11.6. The Hall–Kier alpha value is -1.14. The van der Waals surface area contributed by atoms with Crippen LogP contribution >= 0.6 is 0 Å². The number of nitrogens with zero attached hydrogens (tertiary/aromatic N) is 3. The van der Waals surface area contributed by atoms with Crippen LogP contribution in [0.5, 0.6) is 0 Å². The van der Waals surface area contributed by atoms with Crippen LogP contribution in [0.4, 0.5) is 0 Å². The molecule has 0 saturated heterocycles. The lowest BCUT2D eigenvalue weighted by molar-refractivity contribution is 0.136. The summed E-state index contributed by atoms with van der Waals surface area (Å²) in [5.41, 5.74) is 5.46. The minimum absolute atomic E-state index is 0.124. The Morgan fingerprint density at radius 1 is 1.50 bits per heavy atom. The van der Waals surface area contributed by atoms with Crippen molar-refractivity contribution in [2.24, 2.45) is 25.7 Å². The van der Waals surface area contributed by atoms with Crippen LogP contribution in [0.1, 0.15) is 24.6 Å². The molecule has 6 heteroatoms. The van der Waals surface area contributed by atoms with Crippen LogP contribution in [0.3, 0.4) is 0 Å². The van der Waals surface area contributed by atoms with Gasteiger partial charge in [-0.1, -0.05) is 0 Å². The maximum atomic E-state index is 11.6. The van der Waals surface area contributed by atoms with Crippen molar-refractivity contribution in [2.75, 3.05) is 6.54 Å². The molecular formula is C10H18N4O2. The zero-order valence-corrected chi connectivity index (χ0v) is 9.63. The lowest BCUT2D eigenvalue weighted by Gasteiger charge is -2.09. The normalized spacial score (nSPS) is 29.9. The first-order chi connectivity index (χ1) is 7.54. The predicted octanol–water partition coefficient (Wildman–Crippen LogP) is -1.07. The molecule has 1 heterocycles. The van der Waals surface area contributed by atoms with E-state index in [-0.39, 0.29) is 23.6 Å². The summed E-state index contributed by atoms with van der Waals surface area (Å²) < 4.78 is 2.88. The van der Waals surface area contributed by atoms with Gasteiger partial charge in [0.1, 0.15) is 5.82 Å². The molecule has 1 saturated carbocycles. The fourth-order valence-corrected chi connectivity index (χ4v) is 2.50. The van der Waals surface area contributed by atoms with Crippen molar-refractivity contribution in [1.29, 1.82) is 0 Å². The van der Waals surface area contributed by atoms with Gasteiger partial charge in [0.25, 0.3) is 0 Å². The van der Waals surface area contributed by atoms with Crippen LogP contribution in [0, 0.1) is 5.92 Å². The van der Waals surface area contributed by atoms with Gasteiger partial charge in [-0.15, -0.1) is 0 Å². The highest BCUT2D eigenvalue weighted by Crippen LogP contribution is 2.36. The number of rotatable bonds is 2. The molecule has 0 unspecified atom stereocenters. The van der Waals surface area contributed by atoms with Gasteiger partial charge in [0.2, 0.25) is 0 Å². The van der Waals surface area contributed by atoms with E-state index < -0.39 is 0 Å². The van der Waals surface area contributed by atoms with E-state index in [4.69, 9.17) is 5.73 Å². The molecule has 0 spiro atoms. The summed E-state index contributed by atoms with van der Waals surface area (Å²) >= 11 is 0. The second kappa shape index (κ2) is 4.03. The van der Waals surface area contributed by atoms with Gasteiger partial charge in [-0.2, -0.15) is 5.10 Å². The summed E-state index contributed by atoms with van der Waals surface area (Å²) in [6.07, 6.45) is 1.08. The first kappa shape index (κ1) is 11.3. The van der Waals surface area contributed by atoms with Gasteiger partial charge in [0.15, 0.2) is 0 Å². The molecule has 0 radical (unpaired) electrons. The summed E-state index contributed by atoms with van der Waals surface area (Å²) in [5, 5.41) is 14.0. The molecule has 6 nitrogen and oxygen atoms in total. The highest BCUT2D eigenvalue weighted by molar-refractivity contribution is 5.03. The molecule has 3 N–H and O–H groups in total. The van der Waals surface area contributed by atoms with Crippen LogP contribution in [0.25, 0.3) is 0 Å². The molecule has 1 aliphatic rings. The van der Waals surface area contributed by atoms with E-state index in [2.05, 4.69) is 5.10 Å². The molecule has 2 rings (SSSR count). The summed E-state index contributed by atoms with van der Waals surface area (Å²) in [6, 6.07) is 0. The van der Waals surface area contributed by atoms with Crippen molar-refractivity contribution >= 4 is 0 Å². The van der Waals surface area contributed by atoms with Gasteiger partial charge in [-0.25, -0.2) is 9.48 Å². The van der Waals surface area contributed by atoms with Crippen molar-refractivity contribution in [3.05, 3.63) is 16.3 Å². The second-order valence-electron chi connectivity index (χ2n) is 4.55. The topological polar surface area (TPSA) is 86.1 Å². The van der Waals surface area contributed by atoms with Crippen molar-refractivity contribution in [1.82, 2.24) is 14.3 Å². The number of aliphatic hydroxyl groups is 1.